The molecule has 1 amide bonds. The van der Waals surface area contributed by atoms with Crippen molar-refractivity contribution in [1.82, 2.24) is 10.3 Å². The number of aliphatic carboxylic acids is 1. The van der Waals surface area contributed by atoms with E-state index in [1.807, 2.05) is 6.07 Å². The molecule has 110 valence electrons. The molecule has 1 aliphatic heterocycles. The third-order valence-electron chi connectivity index (χ3n) is 3.62. The number of nitrogens with one attached hydrogen (secondary N) is 1. The summed E-state index contributed by atoms with van der Waals surface area (Å²) in [6, 6.07) is 4.84. The van der Waals surface area contributed by atoms with Gasteiger partial charge in [-0.15, -0.1) is 0 Å². The van der Waals surface area contributed by atoms with E-state index >= 15 is 0 Å². The lowest BCUT2D eigenvalue weighted by molar-refractivity contribution is -0.154. The number of hydrogen-bond donors (Lipinski definition) is 2. The summed E-state index contributed by atoms with van der Waals surface area (Å²) in [5.74, 6) is -1.38. The molecule has 0 aliphatic carbocycles. The Morgan fingerprint density at radius 1 is 1.43 bits per heavy atom. The topological polar surface area (TPSA) is 112 Å². The third-order valence-corrected chi connectivity index (χ3v) is 3.62. The third kappa shape index (κ3) is 3.35. The molecule has 1 aliphatic rings. The first-order valence-corrected chi connectivity index (χ1v) is 6.53. The summed E-state index contributed by atoms with van der Waals surface area (Å²) >= 11 is 0. The second-order valence-corrected chi connectivity index (χ2v) is 4.92. The number of carboxylic acids is 1. The van der Waals surface area contributed by atoms with E-state index in [1.54, 1.807) is 0 Å². The predicted molar refractivity (Wildman–Crippen MR) is 71.4 cm³/mol. The second-order valence-electron chi connectivity index (χ2n) is 4.92. The van der Waals surface area contributed by atoms with Crippen LogP contribution >= 0.6 is 0 Å². The lowest BCUT2D eigenvalue weighted by atomic mass is 9.80. The summed E-state index contributed by atoms with van der Waals surface area (Å²) < 4.78 is 5.17. The van der Waals surface area contributed by atoms with Crippen molar-refractivity contribution in [3.63, 3.8) is 0 Å². The highest BCUT2D eigenvalue weighted by atomic mass is 16.5. The second kappa shape index (κ2) is 6.33. The molecule has 0 atom stereocenters. The fourth-order valence-corrected chi connectivity index (χ4v) is 2.16. The monoisotopic (exact) mass is 289 g/mol. The van der Waals surface area contributed by atoms with E-state index in [0.717, 1.165) is 0 Å². The first-order valence-electron chi connectivity index (χ1n) is 6.53. The lowest BCUT2D eigenvalue weighted by Gasteiger charge is -2.33. The fourth-order valence-electron chi connectivity index (χ4n) is 2.16. The van der Waals surface area contributed by atoms with Gasteiger partial charge in [-0.1, -0.05) is 0 Å². The number of pyridine rings is 1. The maximum Gasteiger partial charge on any atom is 0.311 e. The van der Waals surface area contributed by atoms with Crippen LogP contribution in [-0.4, -0.2) is 41.7 Å². The van der Waals surface area contributed by atoms with Crippen molar-refractivity contribution >= 4 is 11.9 Å². The van der Waals surface area contributed by atoms with Crippen molar-refractivity contribution < 1.29 is 19.4 Å². The zero-order valence-electron chi connectivity index (χ0n) is 11.3. The summed E-state index contributed by atoms with van der Waals surface area (Å²) in [6.07, 6.45) is 2.03. The van der Waals surface area contributed by atoms with Crippen molar-refractivity contribution in [2.24, 2.45) is 5.41 Å². The van der Waals surface area contributed by atoms with E-state index in [-0.39, 0.29) is 12.2 Å². The van der Waals surface area contributed by atoms with Gasteiger partial charge in [-0.2, -0.15) is 5.26 Å². The highest BCUT2D eigenvalue weighted by molar-refractivity contribution is 5.92. The van der Waals surface area contributed by atoms with Crippen LogP contribution in [0.2, 0.25) is 0 Å². The van der Waals surface area contributed by atoms with E-state index < -0.39 is 17.3 Å². The van der Waals surface area contributed by atoms with Gasteiger partial charge in [0, 0.05) is 26.0 Å². The maximum absolute atomic E-state index is 12.0. The summed E-state index contributed by atoms with van der Waals surface area (Å²) in [4.78, 5) is 27.3. The number of carbonyl (C=O) groups is 2. The minimum absolute atomic E-state index is 0.0339. The molecular formula is C14H15N3O4. The Bertz CT molecular complexity index is 571. The number of nitriles is 1. The highest BCUT2D eigenvalue weighted by Crippen LogP contribution is 2.30. The molecule has 21 heavy (non-hydrogen) atoms. The first kappa shape index (κ1) is 14.9. The van der Waals surface area contributed by atoms with E-state index in [2.05, 4.69) is 10.3 Å². The number of ether oxygens (including phenoxy) is 1. The smallest absolute Gasteiger partial charge is 0.311 e. The van der Waals surface area contributed by atoms with E-state index in [1.165, 1.54) is 18.3 Å². The van der Waals surface area contributed by atoms with Gasteiger partial charge >= 0.3 is 5.97 Å². The SMILES string of the molecule is N#Cc1ccc(C(=O)NCC2(C(=O)O)CCOCC2)nc1. The van der Waals surface area contributed by atoms with Crippen LogP contribution in [0.15, 0.2) is 18.3 Å². The lowest BCUT2D eigenvalue weighted by Crippen LogP contribution is -2.46. The van der Waals surface area contributed by atoms with Gasteiger partial charge in [0.1, 0.15) is 11.8 Å². The van der Waals surface area contributed by atoms with E-state index in [4.69, 9.17) is 10.00 Å². The molecule has 2 N–H and O–H groups in total. The first-order chi connectivity index (χ1) is 10.1. The molecule has 2 heterocycles. The number of carboxylic acid groups (broad SMARTS) is 1. The quantitative estimate of drug-likeness (QED) is 0.837. The average Bonchev–Trinajstić information content (AvgIpc) is 2.53. The van der Waals surface area contributed by atoms with Gasteiger partial charge in [-0.25, -0.2) is 4.98 Å². The number of rotatable bonds is 4. The predicted octanol–water partition coefficient (Wildman–Crippen LogP) is 0.564. The van der Waals surface area contributed by atoms with Crippen molar-refractivity contribution in [3.05, 3.63) is 29.6 Å². The van der Waals surface area contributed by atoms with Crippen molar-refractivity contribution in [1.29, 1.82) is 5.26 Å². The molecule has 1 aromatic heterocycles. The zero-order valence-corrected chi connectivity index (χ0v) is 11.3. The molecule has 0 unspecified atom stereocenters. The molecule has 1 aromatic rings. The number of aromatic nitrogens is 1. The number of hydrogen-bond acceptors (Lipinski definition) is 5. The molecule has 2 rings (SSSR count). The average molecular weight is 289 g/mol. The minimum atomic E-state index is -0.986. The highest BCUT2D eigenvalue weighted by Gasteiger charge is 2.40. The van der Waals surface area contributed by atoms with Gasteiger partial charge in [0.2, 0.25) is 0 Å². The number of amides is 1. The fraction of sp³-hybridized carbons (Fsp3) is 0.429. The molecule has 0 saturated carbocycles. The van der Waals surface area contributed by atoms with Crippen LogP contribution in [0.25, 0.3) is 0 Å². The molecule has 0 aromatic carbocycles. The van der Waals surface area contributed by atoms with Crippen LogP contribution in [0, 0.1) is 16.7 Å². The molecule has 7 heteroatoms. The Morgan fingerprint density at radius 2 is 2.14 bits per heavy atom. The van der Waals surface area contributed by atoms with Crippen LogP contribution in [0.5, 0.6) is 0 Å². The van der Waals surface area contributed by atoms with Crippen molar-refractivity contribution in [2.45, 2.75) is 12.8 Å². The molecule has 1 saturated heterocycles. The van der Waals surface area contributed by atoms with Gasteiger partial charge in [0.25, 0.3) is 5.91 Å². The molecule has 0 spiro atoms. The van der Waals surface area contributed by atoms with Crippen molar-refractivity contribution in [3.8, 4) is 6.07 Å². The van der Waals surface area contributed by atoms with Crippen LogP contribution < -0.4 is 5.32 Å². The van der Waals surface area contributed by atoms with E-state index in [9.17, 15) is 14.7 Å². The van der Waals surface area contributed by atoms with Gasteiger partial charge < -0.3 is 15.2 Å². The van der Waals surface area contributed by atoms with E-state index in [0.29, 0.717) is 31.6 Å². The molecular weight excluding hydrogens is 274 g/mol. The number of carbonyl (C=O) groups excluding carboxylic acids is 1. The van der Waals surface area contributed by atoms with Gasteiger partial charge in [0.15, 0.2) is 0 Å². The largest absolute Gasteiger partial charge is 0.481 e. The molecule has 0 radical (unpaired) electrons. The standard InChI is InChI=1S/C14H15N3O4/c15-7-10-1-2-11(16-8-10)12(18)17-9-14(13(19)20)3-5-21-6-4-14/h1-2,8H,3-6,9H2,(H,17,18)(H,19,20). The number of nitrogens with zero attached hydrogens (tertiary/aromatic N) is 2. The summed E-state index contributed by atoms with van der Waals surface area (Å²) in [6.45, 7) is 0.779. The van der Waals surface area contributed by atoms with Crippen LogP contribution in [0.1, 0.15) is 28.9 Å². The van der Waals surface area contributed by atoms with Crippen LogP contribution in [-0.2, 0) is 9.53 Å². The summed E-state index contributed by atoms with van der Waals surface area (Å²) in [5, 5.41) is 20.7. The molecule has 1 fully saturated rings. The summed E-state index contributed by atoms with van der Waals surface area (Å²) in [5.41, 5.74) is -0.472. The van der Waals surface area contributed by atoms with Gasteiger partial charge in [-0.05, 0) is 25.0 Å². The zero-order chi connectivity index (χ0) is 15.3. The Morgan fingerprint density at radius 3 is 2.67 bits per heavy atom. The van der Waals surface area contributed by atoms with Crippen LogP contribution in [0.3, 0.4) is 0 Å². The minimum Gasteiger partial charge on any atom is -0.481 e. The summed E-state index contributed by atoms with van der Waals surface area (Å²) in [7, 11) is 0. The Balaban J connectivity index is 2.01. The van der Waals surface area contributed by atoms with Gasteiger partial charge in [-0.3, -0.25) is 9.59 Å². The Labute approximate surface area is 121 Å². The van der Waals surface area contributed by atoms with Gasteiger partial charge in [0.05, 0.1) is 11.0 Å². The Kier molecular flexibility index (Phi) is 4.50. The maximum atomic E-state index is 12.0. The Hall–Kier alpha value is -2.46. The van der Waals surface area contributed by atoms with Crippen molar-refractivity contribution in [2.75, 3.05) is 19.8 Å². The normalized spacial score (nSPS) is 16.7. The molecule has 7 nitrogen and oxygen atoms in total. The van der Waals surface area contributed by atoms with Crippen LogP contribution in [0.4, 0.5) is 0 Å². The molecule has 0 bridgehead atoms.